The number of sulfonamides is 1. The molecule has 2 aromatic rings. The number of benzene rings is 2. The van der Waals surface area contributed by atoms with E-state index in [4.69, 9.17) is 0 Å². The van der Waals surface area contributed by atoms with Crippen molar-refractivity contribution in [1.82, 2.24) is 9.62 Å². The lowest BCUT2D eigenvalue weighted by molar-refractivity contribution is -0.136. The Hall–Kier alpha value is -2.78. The Morgan fingerprint density at radius 3 is 2.55 bits per heavy atom. The third-order valence-corrected chi connectivity index (χ3v) is 6.70. The molecule has 1 atom stereocenters. The quantitative estimate of drug-likeness (QED) is 0.725. The molecule has 0 unspecified atom stereocenters. The number of carbonyl (C=O) groups is 2. The minimum Gasteiger partial charge on any atom is -0.346 e. The van der Waals surface area contributed by atoms with Crippen LogP contribution in [-0.4, -0.2) is 43.7 Å². The Bertz CT molecular complexity index is 1010. The third kappa shape index (κ3) is 4.99. The fourth-order valence-corrected chi connectivity index (χ4v) is 4.91. The van der Waals surface area contributed by atoms with Crippen LogP contribution in [0.3, 0.4) is 0 Å². The molecule has 154 valence electrons. The van der Waals surface area contributed by atoms with Crippen LogP contribution in [0.15, 0.2) is 53.4 Å². The van der Waals surface area contributed by atoms with Crippen molar-refractivity contribution in [2.45, 2.75) is 30.7 Å². The van der Waals surface area contributed by atoms with Crippen LogP contribution >= 0.6 is 0 Å². The van der Waals surface area contributed by atoms with Crippen LogP contribution in [0, 0.1) is 12.7 Å². The zero-order valence-corrected chi connectivity index (χ0v) is 16.7. The van der Waals surface area contributed by atoms with E-state index in [0.717, 1.165) is 11.6 Å². The molecule has 9 heteroatoms. The van der Waals surface area contributed by atoms with E-state index < -0.39 is 33.7 Å². The van der Waals surface area contributed by atoms with Crippen LogP contribution in [0.25, 0.3) is 0 Å². The molecule has 1 saturated heterocycles. The second-order valence-electron chi connectivity index (χ2n) is 6.90. The highest BCUT2D eigenvalue weighted by atomic mass is 32.2. The molecular weight excluding hydrogens is 397 g/mol. The number of nitrogens with one attached hydrogen (secondary N) is 2. The van der Waals surface area contributed by atoms with Gasteiger partial charge in [-0.3, -0.25) is 9.59 Å². The number of hydrogen-bond acceptors (Lipinski definition) is 4. The highest BCUT2D eigenvalue weighted by molar-refractivity contribution is 7.89. The van der Waals surface area contributed by atoms with Gasteiger partial charge in [-0.1, -0.05) is 23.8 Å². The molecule has 0 bridgehead atoms. The van der Waals surface area contributed by atoms with Crippen molar-refractivity contribution in [3.63, 3.8) is 0 Å². The van der Waals surface area contributed by atoms with Crippen LogP contribution in [0.4, 0.5) is 10.1 Å². The van der Waals surface area contributed by atoms with Gasteiger partial charge < -0.3 is 10.6 Å². The predicted octanol–water partition coefficient (Wildman–Crippen LogP) is 2.04. The number of hydrogen-bond donors (Lipinski definition) is 2. The number of anilines is 1. The smallest absolute Gasteiger partial charge is 0.313 e. The lowest BCUT2D eigenvalue weighted by Crippen LogP contribution is -2.45. The van der Waals surface area contributed by atoms with Crippen molar-refractivity contribution in [2.75, 3.05) is 18.4 Å². The van der Waals surface area contributed by atoms with Gasteiger partial charge in [0.05, 0.1) is 4.90 Å². The summed E-state index contributed by atoms with van der Waals surface area (Å²) >= 11 is 0. The third-order valence-electron chi connectivity index (χ3n) is 4.74. The minimum atomic E-state index is -3.69. The average molecular weight is 419 g/mol. The van der Waals surface area contributed by atoms with Crippen molar-refractivity contribution < 1.29 is 22.4 Å². The number of nitrogens with zero attached hydrogens (tertiary/aromatic N) is 1. The molecule has 3 rings (SSSR count). The molecule has 1 fully saturated rings. The summed E-state index contributed by atoms with van der Waals surface area (Å²) in [5, 5.41) is 4.78. The first kappa shape index (κ1) is 20.9. The highest BCUT2D eigenvalue weighted by Crippen LogP contribution is 2.26. The molecule has 0 radical (unpaired) electrons. The van der Waals surface area contributed by atoms with E-state index in [1.807, 2.05) is 6.92 Å². The Balaban J connectivity index is 1.61. The van der Waals surface area contributed by atoms with Crippen molar-refractivity contribution in [3.8, 4) is 0 Å². The molecule has 1 aliphatic rings. The van der Waals surface area contributed by atoms with Crippen molar-refractivity contribution >= 4 is 27.5 Å². The number of rotatable bonds is 5. The number of aryl methyl sites for hydroxylation is 1. The van der Waals surface area contributed by atoms with E-state index in [-0.39, 0.29) is 17.1 Å². The maximum absolute atomic E-state index is 13.2. The standard InChI is InChI=1S/C20H22FN3O4S/c1-14-7-9-18(10-8-14)29(27,28)24-11-3-6-17(24)13-22-19(25)20(26)23-16-5-2-4-15(21)12-16/h2,4-5,7-10,12,17H,3,6,11,13H2,1H3,(H,22,25)(H,23,26)/t17-/m1/s1. The van der Waals surface area contributed by atoms with Gasteiger partial charge in [0.2, 0.25) is 10.0 Å². The molecule has 1 aliphatic heterocycles. The molecule has 0 saturated carbocycles. The predicted molar refractivity (Wildman–Crippen MR) is 106 cm³/mol. The van der Waals surface area contributed by atoms with E-state index in [1.54, 1.807) is 24.3 Å². The molecule has 1 heterocycles. The van der Waals surface area contributed by atoms with Gasteiger partial charge in [0.1, 0.15) is 5.82 Å². The summed E-state index contributed by atoms with van der Waals surface area (Å²) in [6, 6.07) is 11.3. The van der Waals surface area contributed by atoms with E-state index in [0.29, 0.717) is 19.4 Å². The summed E-state index contributed by atoms with van der Waals surface area (Å²) in [7, 11) is -3.69. The molecule has 0 spiro atoms. The summed E-state index contributed by atoms with van der Waals surface area (Å²) in [6.07, 6.45) is 1.25. The molecule has 2 amide bonds. The number of carbonyl (C=O) groups excluding carboxylic acids is 2. The first-order chi connectivity index (χ1) is 13.8. The second kappa shape index (κ2) is 8.71. The van der Waals surface area contributed by atoms with E-state index in [9.17, 15) is 22.4 Å². The summed E-state index contributed by atoms with van der Waals surface area (Å²) in [6.45, 7) is 2.24. The Morgan fingerprint density at radius 2 is 1.86 bits per heavy atom. The molecule has 2 N–H and O–H groups in total. The van der Waals surface area contributed by atoms with E-state index >= 15 is 0 Å². The van der Waals surface area contributed by atoms with Gasteiger partial charge in [-0.05, 0) is 50.1 Å². The van der Waals surface area contributed by atoms with E-state index in [1.165, 1.54) is 22.5 Å². The fraction of sp³-hybridized carbons (Fsp3) is 0.300. The van der Waals surface area contributed by atoms with Gasteiger partial charge in [-0.15, -0.1) is 0 Å². The Labute approximate surface area is 169 Å². The molecule has 0 aromatic heterocycles. The average Bonchev–Trinajstić information content (AvgIpc) is 3.16. The largest absolute Gasteiger partial charge is 0.346 e. The molecule has 2 aromatic carbocycles. The fourth-order valence-electron chi connectivity index (χ4n) is 3.22. The summed E-state index contributed by atoms with van der Waals surface area (Å²) in [4.78, 5) is 24.3. The van der Waals surface area contributed by atoms with Gasteiger partial charge in [0.25, 0.3) is 0 Å². The lowest BCUT2D eigenvalue weighted by Gasteiger charge is -2.24. The summed E-state index contributed by atoms with van der Waals surface area (Å²) in [5.41, 5.74) is 1.12. The molecule has 29 heavy (non-hydrogen) atoms. The summed E-state index contributed by atoms with van der Waals surface area (Å²) < 4.78 is 40.3. The van der Waals surface area contributed by atoms with Crippen LogP contribution < -0.4 is 10.6 Å². The zero-order chi connectivity index (χ0) is 21.0. The van der Waals surface area contributed by atoms with Gasteiger partial charge in [-0.2, -0.15) is 4.31 Å². The lowest BCUT2D eigenvalue weighted by atomic mass is 10.2. The Kier molecular flexibility index (Phi) is 6.29. The minimum absolute atomic E-state index is 0.0144. The molecule has 7 nitrogen and oxygen atoms in total. The molecular formula is C20H22FN3O4S. The second-order valence-corrected chi connectivity index (χ2v) is 8.79. The van der Waals surface area contributed by atoms with Crippen LogP contribution in [0.1, 0.15) is 18.4 Å². The number of amides is 2. The molecule has 0 aliphatic carbocycles. The first-order valence-corrected chi connectivity index (χ1v) is 10.6. The van der Waals surface area contributed by atoms with E-state index in [2.05, 4.69) is 10.6 Å². The van der Waals surface area contributed by atoms with Gasteiger partial charge in [-0.25, -0.2) is 12.8 Å². The van der Waals surface area contributed by atoms with Crippen LogP contribution in [0.2, 0.25) is 0 Å². The van der Waals surface area contributed by atoms with Crippen molar-refractivity contribution in [1.29, 1.82) is 0 Å². The summed E-state index contributed by atoms with van der Waals surface area (Å²) in [5.74, 6) is -2.39. The number of halogens is 1. The van der Waals surface area contributed by atoms with Crippen LogP contribution in [0.5, 0.6) is 0 Å². The monoisotopic (exact) mass is 419 g/mol. The maximum atomic E-state index is 13.2. The normalized spacial score (nSPS) is 17.1. The van der Waals surface area contributed by atoms with Gasteiger partial charge >= 0.3 is 11.8 Å². The van der Waals surface area contributed by atoms with Gasteiger partial charge in [0.15, 0.2) is 0 Å². The van der Waals surface area contributed by atoms with Gasteiger partial charge in [0, 0.05) is 24.8 Å². The van der Waals surface area contributed by atoms with Crippen molar-refractivity contribution in [3.05, 3.63) is 59.9 Å². The zero-order valence-electron chi connectivity index (χ0n) is 15.9. The maximum Gasteiger partial charge on any atom is 0.313 e. The highest BCUT2D eigenvalue weighted by Gasteiger charge is 2.35. The van der Waals surface area contributed by atoms with Crippen LogP contribution in [-0.2, 0) is 19.6 Å². The Morgan fingerprint density at radius 1 is 1.14 bits per heavy atom. The first-order valence-electron chi connectivity index (χ1n) is 9.20. The van der Waals surface area contributed by atoms with Crippen molar-refractivity contribution in [2.24, 2.45) is 0 Å². The topological polar surface area (TPSA) is 95.6 Å². The SMILES string of the molecule is Cc1ccc(S(=O)(=O)N2CCC[C@@H]2CNC(=O)C(=O)Nc2cccc(F)c2)cc1.